The van der Waals surface area contributed by atoms with Crippen molar-refractivity contribution in [2.45, 2.75) is 109 Å². The summed E-state index contributed by atoms with van der Waals surface area (Å²) in [5.74, 6) is 8.95. The molecule has 0 aliphatic rings. The van der Waals surface area contributed by atoms with Crippen molar-refractivity contribution in [1.29, 1.82) is 10.5 Å². The predicted octanol–water partition coefficient (Wildman–Crippen LogP) is 4.56. The Hall–Kier alpha value is -4.73. The Morgan fingerprint density at radius 1 is 0.773 bits per heavy atom. The Labute approximate surface area is 261 Å². The predicted molar refractivity (Wildman–Crippen MR) is 171 cm³/mol. The number of ketones is 1. The molecule has 0 saturated heterocycles. The molecule has 0 bridgehead atoms. The molecule has 0 radical (unpaired) electrons. The van der Waals surface area contributed by atoms with Crippen LogP contribution in [-0.4, -0.2) is 38.7 Å². The molecule has 0 aromatic carbocycles. The van der Waals surface area contributed by atoms with E-state index in [1.807, 2.05) is 54.5 Å². The first-order valence-electron chi connectivity index (χ1n) is 13.6. The Bertz CT molecular complexity index is 1190. The van der Waals surface area contributed by atoms with Gasteiger partial charge in [-0.05, 0) is 55.4 Å². The molecular weight excluding hydrogens is 568 g/mol. The van der Waals surface area contributed by atoms with Crippen LogP contribution in [-0.2, 0) is 9.59 Å². The van der Waals surface area contributed by atoms with E-state index in [2.05, 4.69) is 25.7 Å². The maximum absolute atomic E-state index is 10.2. The van der Waals surface area contributed by atoms with Crippen molar-refractivity contribution in [3.05, 3.63) is 40.5 Å². The van der Waals surface area contributed by atoms with Gasteiger partial charge in [-0.15, -0.1) is 0 Å². The van der Waals surface area contributed by atoms with Crippen LogP contribution in [0.1, 0.15) is 89.0 Å². The number of hydrogen-bond acceptors (Lipinski definition) is 14. The minimum absolute atomic E-state index is 0.167. The molecule has 2 unspecified atom stereocenters. The summed E-state index contributed by atoms with van der Waals surface area (Å²) in [7, 11) is 0. The summed E-state index contributed by atoms with van der Waals surface area (Å²) in [6.07, 6.45) is 0. The van der Waals surface area contributed by atoms with E-state index in [1.165, 1.54) is 20.8 Å². The van der Waals surface area contributed by atoms with E-state index in [0.717, 1.165) is 28.7 Å². The van der Waals surface area contributed by atoms with Gasteiger partial charge in [-0.25, -0.2) is 20.8 Å². The van der Waals surface area contributed by atoms with Crippen molar-refractivity contribution in [2.75, 3.05) is 11.2 Å². The summed E-state index contributed by atoms with van der Waals surface area (Å²) in [5.41, 5.74) is 15.2. The van der Waals surface area contributed by atoms with E-state index in [0.29, 0.717) is 23.5 Å². The van der Waals surface area contributed by atoms with Crippen molar-refractivity contribution in [1.82, 2.24) is 20.3 Å². The summed E-state index contributed by atoms with van der Waals surface area (Å²) < 4.78 is 15.0. The van der Waals surface area contributed by atoms with E-state index in [1.54, 1.807) is 33.8 Å². The molecule has 3 aromatic rings. The lowest BCUT2D eigenvalue weighted by Crippen LogP contribution is -2.28. The van der Waals surface area contributed by atoms with Crippen molar-refractivity contribution in [2.24, 2.45) is 11.6 Å². The summed E-state index contributed by atoms with van der Waals surface area (Å²) in [6.45, 7) is 24.6. The fraction of sp³-hybridized carbons (Fsp3) is 0.552. The third-order valence-corrected chi connectivity index (χ3v) is 3.93. The number of Topliss-reactive ketones (excluding diaryl/α,β-unsaturated/α-hetero) is 1. The normalized spacial score (nSPS) is 9.86. The van der Waals surface area contributed by atoms with E-state index in [4.69, 9.17) is 41.1 Å². The van der Waals surface area contributed by atoms with Crippen LogP contribution in [0.4, 0.5) is 11.8 Å². The molecule has 3 aromatic heterocycles. The van der Waals surface area contributed by atoms with Crippen LogP contribution in [0.25, 0.3) is 0 Å². The van der Waals surface area contributed by atoms with E-state index >= 15 is 0 Å². The summed E-state index contributed by atoms with van der Waals surface area (Å²) in [5, 5.41) is 18.3. The molecule has 15 heteroatoms. The number of rotatable bonds is 2. The smallest absolute Gasteiger partial charge is 0.230 e. The average molecular weight is 621 g/mol. The van der Waals surface area contributed by atoms with Crippen LogP contribution < -0.4 is 28.1 Å². The van der Waals surface area contributed by atoms with Gasteiger partial charge in [0.2, 0.25) is 17.7 Å². The number of hydrazine groups is 1. The van der Waals surface area contributed by atoms with Gasteiger partial charge in [-0.1, -0.05) is 13.8 Å². The molecule has 248 valence electrons. The van der Waals surface area contributed by atoms with E-state index < -0.39 is 0 Å². The van der Waals surface area contributed by atoms with Gasteiger partial charge >= 0.3 is 0 Å². The zero-order chi connectivity index (χ0) is 35.6. The number of oxazole rings is 3. The summed E-state index contributed by atoms with van der Waals surface area (Å²) >= 11 is 0. The standard InChI is InChI=1S/C6H9NO.C5H9N3O.2C5H8N2O.C3H6N2.C3H6O.C2H6/c1-4-5(2)8-6(3)7-4;1-3-5(8-6)9-4(2)7-3;1-3-5(6)8-4(2)7-3;1-4(3-6)7-5(2)8;1-3(5)2-4;1-3(2)4;1-2/h1-3H3;8H,6H2,1-2H3;6H2,1-2H3;4H,1-2H3,(H,7,8);3H,5H2,1H3;1-2H3;1-2H3. The highest BCUT2D eigenvalue weighted by Gasteiger charge is 2.02. The Kier molecular flexibility index (Phi) is 28.5. The number of aromatic nitrogens is 3. The molecule has 0 aliphatic carbocycles. The second-order valence-corrected chi connectivity index (χ2v) is 8.73. The lowest BCUT2D eigenvalue weighted by Gasteiger charge is -1.99. The Balaban J connectivity index is -0.000000219. The molecule has 3 rings (SSSR count). The van der Waals surface area contributed by atoms with Crippen LogP contribution in [0.5, 0.6) is 0 Å². The van der Waals surface area contributed by atoms with Gasteiger partial charge in [-0.2, -0.15) is 10.5 Å². The fourth-order valence-electron chi connectivity index (χ4n) is 2.18. The van der Waals surface area contributed by atoms with Crippen LogP contribution >= 0.6 is 0 Å². The lowest BCUT2D eigenvalue weighted by molar-refractivity contribution is -0.119. The Morgan fingerprint density at radius 3 is 1.27 bits per heavy atom. The van der Waals surface area contributed by atoms with Crippen LogP contribution in [0, 0.1) is 71.1 Å². The van der Waals surface area contributed by atoms with E-state index in [9.17, 15) is 9.59 Å². The highest BCUT2D eigenvalue weighted by Crippen LogP contribution is 2.12. The second-order valence-electron chi connectivity index (χ2n) is 8.73. The molecular formula is C29H52N10O5. The summed E-state index contributed by atoms with van der Waals surface area (Å²) in [4.78, 5) is 31.5. The highest BCUT2D eigenvalue weighted by molar-refractivity contribution is 5.73. The zero-order valence-corrected chi connectivity index (χ0v) is 28.7. The van der Waals surface area contributed by atoms with Crippen molar-refractivity contribution in [3.8, 4) is 12.1 Å². The number of aryl methyl sites for hydroxylation is 7. The molecule has 0 saturated carbocycles. The van der Waals surface area contributed by atoms with Crippen molar-refractivity contribution < 1.29 is 22.8 Å². The third kappa shape index (κ3) is 28.8. The molecule has 8 N–H and O–H groups in total. The number of nitrogen functional groups attached to an aromatic ring is 2. The molecule has 44 heavy (non-hydrogen) atoms. The number of anilines is 2. The maximum atomic E-state index is 10.2. The van der Waals surface area contributed by atoms with Crippen molar-refractivity contribution in [3.63, 3.8) is 0 Å². The monoisotopic (exact) mass is 620 g/mol. The number of amides is 1. The average Bonchev–Trinajstić information content (AvgIpc) is 3.52. The largest absolute Gasteiger partial charge is 0.446 e. The van der Waals surface area contributed by atoms with Crippen LogP contribution in [0.3, 0.4) is 0 Å². The van der Waals surface area contributed by atoms with Gasteiger partial charge in [0.15, 0.2) is 17.7 Å². The van der Waals surface area contributed by atoms with Gasteiger partial charge < -0.3 is 34.8 Å². The Morgan fingerprint density at radius 2 is 1.16 bits per heavy atom. The zero-order valence-electron chi connectivity index (χ0n) is 28.7. The quantitative estimate of drug-likeness (QED) is 0.194. The highest BCUT2D eigenvalue weighted by atomic mass is 16.4. The molecule has 1 amide bonds. The number of nitrogens with one attached hydrogen (secondary N) is 2. The first-order chi connectivity index (χ1) is 20.3. The minimum Gasteiger partial charge on any atom is -0.446 e. The number of carbonyl (C=O) groups is 2. The topological polar surface area (TPSA) is 262 Å². The second kappa shape index (κ2) is 27.1. The van der Waals surface area contributed by atoms with Gasteiger partial charge in [0.05, 0.1) is 23.9 Å². The van der Waals surface area contributed by atoms with Gasteiger partial charge in [0, 0.05) is 27.7 Å². The van der Waals surface area contributed by atoms with E-state index in [-0.39, 0.29) is 23.8 Å². The molecule has 3 heterocycles. The fourth-order valence-corrected chi connectivity index (χ4v) is 2.18. The summed E-state index contributed by atoms with van der Waals surface area (Å²) in [6, 6.07) is 2.99. The number of hydrogen-bond donors (Lipinski definition) is 5. The molecule has 0 spiro atoms. The maximum Gasteiger partial charge on any atom is 0.230 e. The number of carbonyl (C=O) groups excluding carboxylic acids is 2. The van der Waals surface area contributed by atoms with Gasteiger partial charge in [0.1, 0.15) is 29.0 Å². The minimum atomic E-state index is -0.368. The van der Waals surface area contributed by atoms with Gasteiger partial charge in [0.25, 0.3) is 0 Å². The molecule has 2 atom stereocenters. The lowest BCUT2D eigenvalue weighted by atomic mass is 10.4. The molecule has 0 aliphatic heterocycles. The first-order valence-corrected chi connectivity index (χ1v) is 13.6. The van der Waals surface area contributed by atoms with Gasteiger partial charge in [-0.3, -0.25) is 10.2 Å². The third-order valence-electron chi connectivity index (χ3n) is 3.93. The number of nitrogens with zero attached hydrogens (tertiary/aromatic N) is 5. The number of nitrogens with two attached hydrogens (primary N) is 3. The van der Waals surface area contributed by atoms with Crippen molar-refractivity contribution >= 4 is 23.5 Å². The first kappa shape index (κ1) is 46.2. The molecule has 15 nitrogen and oxygen atoms in total. The van der Waals surface area contributed by atoms with Crippen LogP contribution in [0.2, 0.25) is 0 Å². The SMILES string of the molecule is CC.CC(=O)NC(C)C#N.CC(C)=O.CC(N)C#N.Cc1nc(C)c(C)o1.Cc1nc(C)c(N)o1.Cc1nc(C)c(NN)o1. The number of nitriles is 2. The van der Waals surface area contributed by atoms with Crippen LogP contribution in [0.15, 0.2) is 13.3 Å². The molecule has 0 fully saturated rings.